The lowest BCUT2D eigenvalue weighted by Gasteiger charge is -2.08. The highest BCUT2D eigenvalue weighted by Gasteiger charge is 2.07. The van der Waals surface area contributed by atoms with Crippen LogP contribution >= 0.6 is 0 Å². The van der Waals surface area contributed by atoms with Crippen molar-refractivity contribution < 1.29 is 9.47 Å². The molecule has 0 bridgehead atoms. The van der Waals surface area contributed by atoms with Crippen molar-refractivity contribution in [2.45, 2.75) is 13.8 Å². The SMILES string of the molecule is C#CCOc1c(C)c[n+]([O-])cc1C. The van der Waals surface area contributed by atoms with Crippen molar-refractivity contribution >= 4 is 0 Å². The topological polar surface area (TPSA) is 36.2 Å². The van der Waals surface area contributed by atoms with Crippen LogP contribution in [0.25, 0.3) is 0 Å². The van der Waals surface area contributed by atoms with Crippen molar-refractivity contribution in [3.8, 4) is 18.1 Å². The summed E-state index contributed by atoms with van der Waals surface area (Å²) in [4.78, 5) is 0. The maximum atomic E-state index is 11.0. The lowest BCUT2D eigenvalue weighted by atomic mass is 10.2. The highest BCUT2D eigenvalue weighted by Crippen LogP contribution is 2.19. The van der Waals surface area contributed by atoms with Crippen LogP contribution in [0.5, 0.6) is 5.75 Å². The minimum absolute atomic E-state index is 0.227. The maximum Gasteiger partial charge on any atom is 0.186 e. The molecule has 3 nitrogen and oxygen atoms in total. The van der Waals surface area contributed by atoms with E-state index in [0.717, 1.165) is 15.9 Å². The molecule has 0 N–H and O–H groups in total. The van der Waals surface area contributed by atoms with Gasteiger partial charge in [-0.15, -0.1) is 6.42 Å². The molecule has 0 aliphatic carbocycles. The Morgan fingerprint density at radius 2 is 2.00 bits per heavy atom. The zero-order valence-corrected chi connectivity index (χ0v) is 7.70. The van der Waals surface area contributed by atoms with Crippen LogP contribution in [0, 0.1) is 31.4 Å². The van der Waals surface area contributed by atoms with Gasteiger partial charge in [0.05, 0.1) is 11.1 Å². The molecule has 0 saturated carbocycles. The van der Waals surface area contributed by atoms with Crippen molar-refractivity contribution in [2.24, 2.45) is 0 Å². The molecule has 0 amide bonds. The summed E-state index contributed by atoms with van der Waals surface area (Å²) in [6.45, 7) is 3.85. The van der Waals surface area contributed by atoms with E-state index in [1.165, 1.54) is 12.4 Å². The molecule has 0 saturated heterocycles. The summed E-state index contributed by atoms with van der Waals surface area (Å²) in [5.74, 6) is 3.08. The van der Waals surface area contributed by atoms with Crippen molar-refractivity contribution in [2.75, 3.05) is 6.61 Å². The quantitative estimate of drug-likeness (QED) is 0.383. The number of nitrogens with zero attached hydrogens (tertiary/aromatic N) is 1. The lowest BCUT2D eigenvalue weighted by Crippen LogP contribution is -2.26. The minimum Gasteiger partial charge on any atom is -0.619 e. The molecule has 3 heteroatoms. The Kier molecular flexibility index (Phi) is 2.76. The van der Waals surface area contributed by atoms with Gasteiger partial charge in [-0.25, -0.2) is 0 Å². The van der Waals surface area contributed by atoms with Crippen LogP contribution in [0.2, 0.25) is 0 Å². The average molecular weight is 177 g/mol. The number of pyridine rings is 1. The fraction of sp³-hybridized carbons (Fsp3) is 0.300. The van der Waals surface area contributed by atoms with E-state index in [4.69, 9.17) is 11.2 Å². The van der Waals surface area contributed by atoms with Gasteiger partial charge in [-0.3, -0.25) is 0 Å². The molecule has 1 aromatic rings. The fourth-order valence-corrected chi connectivity index (χ4v) is 1.19. The van der Waals surface area contributed by atoms with Crippen LogP contribution in [0.15, 0.2) is 12.4 Å². The Morgan fingerprint density at radius 1 is 1.46 bits per heavy atom. The van der Waals surface area contributed by atoms with Gasteiger partial charge < -0.3 is 9.94 Å². The Bertz CT molecular complexity index is 329. The molecule has 0 aliphatic heterocycles. The number of hydrogen-bond acceptors (Lipinski definition) is 2. The van der Waals surface area contributed by atoms with E-state index in [-0.39, 0.29) is 6.61 Å². The smallest absolute Gasteiger partial charge is 0.186 e. The maximum absolute atomic E-state index is 11.0. The van der Waals surface area contributed by atoms with Crippen LogP contribution in [-0.4, -0.2) is 6.61 Å². The molecule has 1 heterocycles. The number of ether oxygens (including phenoxy) is 1. The second-order valence-electron chi connectivity index (χ2n) is 2.81. The van der Waals surface area contributed by atoms with Crippen LogP contribution in [-0.2, 0) is 0 Å². The normalized spacial score (nSPS) is 9.31. The zero-order valence-electron chi connectivity index (χ0n) is 7.70. The number of terminal acetylenes is 1. The number of aryl methyl sites for hydroxylation is 2. The third-order valence-corrected chi connectivity index (χ3v) is 1.66. The minimum atomic E-state index is 0.227. The van der Waals surface area contributed by atoms with Gasteiger partial charge in [0, 0.05) is 0 Å². The van der Waals surface area contributed by atoms with Gasteiger partial charge in [-0.1, -0.05) is 5.92 Å². The van der Waals surface area contributed by atoms with E-state index in [1.807, 2.05) is 13.8 Å². The third-order valence-electron chi connectivity index (χ3n) is 1.66. The summed E-state index contributed by atoms with van der Waals surface area (Å²) >= 11 is 0. The van der Waals surface area contributed by atoms with Crippen molar-refractivity contribution in [3.63, 3.8) is 0 Å². The largest absolute Gasteiger partial charge is 0.619 e. The highest BCUT2D eigenvalue weighted by atomic mass is 16.5. The first-order valence-corrected chi connectivity index (χ1v) is 3.91. The van der Waals surface area contributed by atoms with Crippen LogP contribution in [0.3, 0.4) is 0 Å². The highest BCUT2D eigenvalue weighted by molar-refractivity contribution is 5.35. The van der Waals surface area contributed by atoms with E-state index in [1.54, 1.807) is 0 Å². The average Bonchev–Trinajstić information content (AvgIpc) is 2.02. The number of hydrogen-bond donors (Lipinski definition) is 0. The molecule has 0 fully saturated rings. The monoisotopic (exact) mass is 177 g/mol. The van der Waals surface area contributed by atoms with E-state index >= 15 is 0 Å². The van der Waals surface area contributed by atoms with Crippen LogP contribution in [0.4, 0.5) is 0 Å². The standard InChI is InChI=1S/C10H11NO2/c1-4-5-13-10-8(2)6-11(12)7-9(10)3/h1,6-7H,5H2,2-3H3. The first-order chi connectivity index (χ1) is 6.15. The third kappa shape index (κ3) is 2.12. The Balaban J connectivity index is 3.00. The molecule has 0 radical (unpaired) electrons. The summed E-state index contributed by atoms with van der Waals surface area (Å²) in [7, 11) is 0. The summed E-state index contributed by atoms with van der Waals surface area (Å²) in [5.41, 5.74) is 1.59. The summed E-state index contributed by atoms with van der Waals surface area (Å²) in [5, 5.41) is 11.0. The van der Waals surface area contributed by atoms with Gasteiger partial charge in [-0.2, -0.15) is 4.73 Å². The van der Waals surface area contributed by atoms with Crippen LogP contribution in [0.1, 0.15) is 11.1 Å². The summed E-state index contributed by atoms with van der Waals surface area (Å²) in [6.07, 6.45) is 7.98. The first-order valence-electron chi connectivity index (χ1n) is 3.91. The molecule has 0 spiro atoms. The second-order valence-corrected chi connectivity index (χ2v) is 2.81. The van der Waals surface area contributed by atoms with Crippen molar-refractivity contribution in [1.29, 1.82) is 0 Å². The molecule has 0 atom stereocenters. The predicted molar refractivity (Wildman–Crippen MR) is 49.2 cm³/mol. The Labute approximate surface area is 77.5 Å². The fourth-order valence-electron chi connectivity index (χ4n) is 1.19. The van der Waals surface area contributed by atoms with Gasteiger partial charge >= 0.3 is 0 Å². The van der Waals surface area contributed by atoms with E-state index in [9.17, 15) is 5.21 Å². The van der Waals surface area contributed by atoms with Gasteiger partial charge in [0.25, 0.3) is 0 Å². The summed E-state index contributed by atoms with van der Waals surface area (Å²) < 4.78 is 6.04. The van der Waals surface area contributed by atoms with Crippen LogP contribution < -0.4 is 9.47 Å². The zero-order chi connectivity index (χ0) is 9.84. The molecule has 0 aliphatic rings. The molecular weight excluding hydrogens is 166 g/mol. The molecule has 13 heavy (non-hydrogen) atoms. The second kappa shape index (κ2) is 3.81. The van der Waals surface area contributed by atoms with Gasteiger partial charge in [0.2, 0.25) is 0 Å². The Hall–Kier alpha value is -1.69. The van der Waals surface area contributed by atoms with Crippen molar-refractivity contribution in [1.82, 2.24) is 0 Å². The van der Waals surface area contributed by atoms with Gasteiger partial charge in [0.1, 0.15) is 12.4 Å². The molecule has 1 rings (SSSR count). The predicted octanol–water partition coefficient (Wildman–Crippen LogP) is 0.949. The van der Waals surface area contributed by atoms with Gasteiger partial charge in [-0.05, 0) is 13.8 Å². The molecule has 1 aromatic heterocycles. The van der Waals surface area contributed by atoms with E-state index < -0.39 is 0 Å². The molecule has 68 valence electrons. The molecule has 0 aromatic carbocycles. The lowest BCUT2D eigenvalue weighted by molar-refractivity contribution is -0.606. The Morgan fingerprint density at radius 3 is 2.46 bits per heavy atom. The van der Waals surface area contributed by atoms with E-state index in [0.29, 0.717) is 5.75 Å². The number of aromatic nitrogens is 1. The van der Waals surface area contributed by atoms with Gasteiger partial charge in [0.15, 0.2) is 12.4 Å². The van der Waals surface area contributed by atoms with Crippen molar-refractivity contribution in [3.05, 3.63) is 28.7 Å². The molecular formula is C10H11NO2. The van der Waals surface area contributed by atoms with E-state index in [2.05, 4.69) is 5.92 Å². The first kappa shape index (κ1) is 9.40. The number of rotatable bonds is 2. The summed E-state index contributed by atoms with van der Waals surface area (Å²) in [6, 6.07) is 0. The molecule has 0 unspecified atom stereocenters.